The normalized spacial score (nSPS) is 10.1. The van der Waals surface area contributed by atoms with Crippen molar-refractivity contribution in [2.75, 3.05) is 25.6 Å². The van der Waals surface area contributed by atoms with E-state index in [4.69, 9.17) is 4.74 Å². The summed E-state index contributed by atoms with van der Waals surface area (Å²) < 4.78 is 5.03. The van der Waals surface area contributed by atoms with Crippen molar-refractivity contribution in [2.24, 2.45) is 0 Å². The highest BCUT2D eigenvalue weighted by atomic mass is 16.5. The summed E-state index contributed by atoms with van der Waals surface area (Å²) in [5.74, 6) is -0.108. The van der Waals surface area contributed by atoms with Gasteiger partial charge in [0.25, 0.3) is 0 Å². The lowest BCUT2D eigenvalue weighted by Crippen LogP contribution is -2.09. The van der Waals surface area contributed by atoms with Crippen LogP contribution in [-0.4, -0.2) is 26.7 Å². The molecule has 1 rings (SSSR count). The van der Waals surface area contributed by atoms with Gasteiger partial charge in [-0.25, -0.2) is 0 Å². The lowest BCUT2D eigenvalue weighted by Gasteiger charge is -2.12. The smallest absolute Gasteiger partial charge is 0.306 e. The molecule has 17 heavy (non-hydrogen) atoms. The molecule has 3 nitrogen and oxygen atoms in total. The van der Waals surface area contributed by atoms with Crippen LogP contribution in [0.25, 0.3) is 0 Å². The van der Waals surface area contributed by atoms with Crippen LogP contribution in [0.1, 0.15) is 25.3 Å². The minimum absolute atomic E-state index is 0.108. The van der Waals surface area contributed by atoms with Crippen LogP contribution in [0.3, 0.4) is 0 Å². The molecule has 0 aliphatic heterocycles. The van der Waals surface area contributed by atoms with Crippen molar-refractivity contribution in [1.29, 1.82) is 0 Å². The van der Waals surface area contributed by atoms with E-state index in [-0.39, 0.29) is 5.97 Å². The first kappa shape index (κ1) is 13.6. The van der Waals surface area contributed by atoms with Crippen molar-refractivity contribution >= 4 is 11.7 Å². The van der Waals surface area contributed by atoms with Crippen LogP contribution < -0.4 is 4.90 Å². The second kappa shape index (κ2) is 6.94. The van der Waals surface area contributed by atoms with Crippen molar-refractivity contribution < 1.29 is 9.53 Å². The number of carbonyl (C=O) groups excluding carboxylic acids is 1. The minimum Gasteiger partial charge on any atom is -0.466 e. The predicted octanol–water partition coefficient (Wildman–Crippen LogP) is 2.64. The van der Waals surface area contributed by atoms with E-state index in [1.54, 1.807) is 0 Å². The zero-order valence-corrected chi connectivity index (χ0v) is 10.9. The Kier molecular flexibility index (Phi) is 5.53. The molecule has 0 aromatic heterocycles. The average molecular weight is 235 g/mol. The van der Waals surface area contributed by atoms with Crippen LogP contribution >= 0.6 is 0 Å². The molecule has 3 heteroatoms. The highest BCUT2D eigenvalue weighted by molar-refractivity contribution is 5.69. The van der Waals surface area contributed by atoms with Gasteiger partial charge in [-0.1, -0.05) is 19.1 Å². The summed E-state index contributed by atoms with van der Waals surface area (Å²) in [4.78, 5) is 13.4. The van der Waals surface area contributed by atoms with E-state index in [9.17, 15) is 4.79 Å². The van der Waals surface area contributed by atoms with Gasteiger partial charge in [-0.05, 0) is 30.5 Å². The molecule has 0 saturated carbocycles. The molecule has 1 aromatic carbocycles. The van der Waals surface area contributed by atoms with Gasteiger partial charge >= 0.3 is 5.97 Å². The van der Waals surface area contributed by atoms with Gasteiger partial charge in [0.15, 0.2) is 0 Å². The van der Waals surface area contributed by atoms with E-state index in [1.165, 1.54) is 11.3 Å². The lowest BCUT2D eigenvalue weighted by atomic mass is 10.1. The highest BCUT2D eigenvalue weighted by Crippen LogP contribution is 2.13. The molecule has 0 N–H and O–H groups in total. The highest BCUT2D eigenvalue weighted by Gasteiger charge is 2.03. The van der Waals surface area contributed by atoms with Crippen LogP contribution in [0.4, 0.5) is 5.69 Å². The molecule has 0 unspecified atom stereocenters. The third-order valence-electron chi connectivity index (χ3n) is 2.54. The Morgan fingerprint density at radius 3 is 2.41 bits per heavy atom. The number of benzene rings is 1. The third kappa shape index (κ3) is 4.89. The number of hydrogen-bond acceptors (Lipinski definition) is 3. The Balaban J connectivity index is 2.39. The molecule has 0 saturated heterocycles. The molecule has 0 heterocycles. The minimum atomic E-state index is -0.108. The standard InChI is InChI=1S/C14H21NO2/c1-4-11-17-14(16)10-7-12-5-8-13(9-6-12)15(2)3/h5-6,8-9H,4,7,10-11H2,1-3H3. The van der Waals surface area contributed by atoms with Crippen molar-refractivity contribution in [2.45, 2.75) is 26.2 Å². The van der Waals surface area contributed by atoms with E-state index < -0.39 is 0 Å². The Bertz CT molecular complexity index is 344. The second-order valence-electron chi connectivity index (χ2n) is 4.28. The molecule has 0 spiro atoms. The maximum atomic E-state index is 11.3. The summed E-state index contributed by atoms with van der Waals surface area (Å²) in [5.41, 5.74) is 2.34. The molecule has 0 aliphatic rings. The molecule has 0 radical (unpaired) electrons. The van der Waals surface area contributed by atoms with Gasteiger partial charge in [-0.2, -0.15) is 0 Å². The summed E-state index contributed by atoms with van der Waals surface area (Å²) in [7, 11) is 4.02. The van der Waals surface area contributed by atoms with Gasteiger partial charge in [0.1, 0.15) is 0 Å². The number of aryl methyl sites for hydroxylation is 1. The van der Waals surface area contributed by atoms with Crippen molar-refractivity contribution in [1.82, 2.24) is 0 Å². The number of carbonyl (C=O) groups is 1. The van der Waals surface area contributed by atoms with Gasteiger partial charge in [0.05, 0.1) is 6.61 Å². The van der Waals surface area contributed by atoms with Crippen LogP contribution in [0, 0.1) is 0 Å². The number of esters is 1. The Hall–Kier alpha value is -1.51. The quantitative estimate of drug-likeness (QED) is 0.710. The first-order valence-corrected chi connectivity index (χ1v) is 6.05. The molecule has 0 aliphatic carbocycles. The molecule has 94 valence electrons. The summed E-state index contributed by atoms with van der Waals surface area (Å²) in [5, 5.41) is 0. The van der Waals surface area contributed by atoms with Crippen LogP contribution in [0.15, 0.2) is 24.3 Å². The van der Waals surface area contributed by atoms with Gasteiger partial charge in [-0.15, -0.1) is 0 Å². The van der Waals surface area contributed by atoms with E-state index in [0.29, 0.717) is 13.0 Å². The topological polar surface area (TPSA) is 29.5 Å². The number of nitrogens with zero attached hydrogens (tertiary/aromatic N) is 1. The van der Waals surface area contributed by atoms with Crippen LogP contribution in [0.5, 0.6) is 0 Å². The maximum absolute atomic E-state index is 11.3. The van der Waals surface area contributed by atoms with Gasteiger partial charge in [0.2, 0.25) is 0 Å². The second-order valence-corrected chi connectivity index (χ2v) is 4.28. The van der Waals surface area contributed by atoms with Gasteiger partial charge in [0, 0.05) is 26.2 Å². The van der Waals surface area contributed by atoms with E-state index in [2.05, 4.69) is 29.2 Å². The van der Waals surface area contributed by atoms with Crippen molar-refractivity contribution in [3.63, 3.8) is 0 Å². The summed E-state index contributed by atoms with van der Waals surface area (Å²) in [6.07, 6.45) is 2.08. The fourth-order valence-corrected chi connectivity index (χ4v) is 1.50. The maximum Gasteiger partial charge on any atom is 0.306 e. The number of rotatable bonds is 6. The number of hydrogen-bond donors (Lipinski definition) is 0. The molecular formula is C14H21NO2. The van der Waals surface area contributed by atoms with E-state index in [0.717, 1.165) is 12.8 Å². The zero-order chi connectivity index (χ0) is 12.7. The Labute approximate surface area is 103 Å². The van der Waals surface area contributed by atoms with Gasteiger partial charge in [-0.3, -0.25) is 4.79 Å². The number of ether oxygens (including phenoxy) is 1. The fourth-order valence-electron chi connectivity index (χ4n) is 1.50. The largest absolute Gasteiger partial charge is 0.466 e. The van der Waals surface area contributed by atoms with E-state index >= 15 is 0 Å². The fraction of sp³-hybridized carbons (Fsp3) is 0.500. The predicted molar refractivity (Wildman–Crippen MR) is 70.3 cm³/mol. The SMILES string of the molecule is CCCOC(=O)CCc1ccc(N(C)C)cc1. The first-order valence-electron chi connectivity index (χ1n) is 6.05. The summed E-state index contributed by atoms with van der Waals surface area (Å²) >= 11 is 0. The molecular weight excluding hydrogens is 214 g/mol. The summed E-state index contributed by atoms with van der Waals surface area (Å²) in [6, 6.07) is 8.24. The van der Waals surface area contributed by atoms with Crippen LogP contribution in [-0.2, 0) is 16.0 Å². The Morgan fingerprint density at radius 1 is 1.24 bits per heavy atom. The summed E-state index contributed by atoms with van der Waals surface area (Å²) in [6.45, 7) is 2.52. The molecule has 0 fully saturated rings. The third-order valence-corrected chi connectivity index (χ3v) is 2.54. The molecule has 0 amide bonds. The monoisotopic (exact) mass is 235 g/mol. The molecule has 0 atom stereocenters. The molecule has 1 aromatic rings. The number of anilines is 1. The van der Waals surface area contributed by atoms with Crippen molar-refractivity contribution in [3.05, 3.63) is 29.8 Å². The molecule has 0 bridgehead atoms. The van der Waals surface area contributed by atoms with Crippen molar-refractivity contribution in [3.8, 4) is 0 Å². The van der Waals surface area contributed by atoms with Gasteiger partial charge < -0.3 is 9.64 Å². The average Bonchev–Trinajstić information content (AvgIpc) is 2.34. The lowest BCUT2D eigenvalue weighted by molar-refractivity contribution is -0.143. The zero-order valence-electron chi connectivity index (χ0n) is 10.9. The first-order chi connectivity index (χ1) is 8.13. The van der Waals surface area contributed by atoms with Crippen LogP contribution in [0.2, 0.25) is 0 Å². The Morgan fingerprint density at radius 2 is 1.88 bits per heavy atom. The van der Waals surface area contributed by atoms with E-state index in [1.807, 2.05) is 21.0 Å².